The molecule has 130 valence electrons. The molecule has 3 rings (SSSR count). The molecule has 0 atom stereocenters. The van der Waals surface area contributed by atoms with Gasteiger partial charge >= 0.3 is 0 Å². The lowest BCUT2D eigenvalue weighted by Crippen LogP contribution is -2.14. The monoisotopic (exact) mass is 396 g/mol. The minimum atomic E-state index is -0.440. The molecule has 5 nitrogen and oxygen atoms in total. The summed E-state index contributed by atoms with van der Waals surface area (Å²) in [7, 11) is 4.78. The predicted octanol–water partition coefficient (Wildman–Crippen LogP) is 4.30. The first-order chi connectivity index (χ1) is 12.0. The predicted molar refractivity (Wildman–Crippen MR) is 100 cm³/mol. The molecule has 0 aliphatic rings. The van der Waals surface area contributed by atoms with Crippen molar-refractivity contribution in [3.63, 3.8) is 0 Å². The maximum absolute atomic E-state index is 12.7. The Morgan fingerprint density at radius 1 is 1.12 bits per heavy atom. The first-order valence-corrected chi connectivity index (χ1v) is 8.78. The molecular weight excluding hydrogens is 383 g/mol. The Labute approximate surface area is 158 Å². The lowest BCUT2D eigenvalue weighted by Gasteiger charge is -2.09. The quantitative estimate of drug-likeness (QED) is 0.662. The van der Waals surface area contributed by atoms with Crippen LogP contribution in [0.3, 0.4) is 0 Å². The third kappa shape index (κ3) is 3.13. The number of aryl methyl sites for hydroxylation is 1. The summed E-state index contributed by atoms with van der Waals surface area (Å²) in [4.78, 5) is 17.4. The van der Waals surface area contributed by atoms with E-state index in [2.05, 4.69) is 4.99 Å². The van der Waals surface area contributed by atoms with Gasteiger partial charge in [-0.1, -0.05) is 40.6 Å². The number of benzene rings is 2. The summed E-state index contributed by atoms with van der Waals surface area (Å²) in [6.45, 7) is 0. The molecule has 8 heteroatoms. The van der Waals surface area contributed by atoms with Gasteiger partial charge in [-0.15, -0.1) is 0 Å². The van der Waals surface area contributed by atoms with E-state index in [1.165, 1.54) is 25.6 Å². The Morgan fingerprint density at radius 2 is 1.84 bits per heavy atom. The molecular formula is C17H14Cl2N2O3S. The maximum atomic E-state index is 12.7. The fourth-order valence-corrected chi connectivity index (χ4v) is 4.14. The number of para-hydroxylation sites is 1. The zero-order valence-corrected chi connectivity index (χ0v) is 16.0. The highest BCUT2D eigenvalue weighted by atomic mass is 35.5. The van der Waals surface area contributed by atoms with Gasteiger partial charge in [0.2, 0.25) is 0 Å². The van der Waals surface area contributed by atoms with Crippen LogP contribution in [0.5, 0.6) is 11.5 Å². The van der Waals surface area contributed by atoms with Crippen molar-refractivity contribution in [2.24, 2.45) is 12.0 Å². The van der Waals surface area contributed by atoms with Gasteiger partial charge in [-0.25, -0.2) is 0 Å². The lowest BCUT2D eigenvalue weighted by molar-refractivity contribution is 0.0994. The normalized spacial score (nSPS) is 11.8. The summed E-state index contributed by atoms with van der Waals surface area (Å²) in [5, 5.41) is 1.11. The van der Waals surface area contributed by atoms with Gasteiger partial charge in [0.25, 0.3) is 5.91 Å². The number of fused-ring (bicyclic) bond motifs is 1. The second-order valence-corrected chi connectivity index (χ2v) is 6.90. The molecule has 3 aromatic rings. The van der Waals surface area contributed by atoms with Gasteiger partial charge in [-0.05, 0) is 24.3 Å². The number of thiazole rings is 1. The van der Waals surface area contributed by atoms with Crippen LogP contribution in [0, 0.1) is 0 Å². The van der Waals surface area contributed by atoms with Crippen molar-refractivity contribution in [3.05, 3.63) is 50.7 Å². The van der Waals surface area contributed by atoms with E-state index in [1.807, 2.05) is 0 Å². The van der Waals surface area contributed by atoms with E-state index < -0.39 is 5.91 Å². The molecule has 0 unspecified atom stereocenters. The number of aromatic nitrogens is 1. The molecule has 0 radical (unpaired) electrons. The van der Waals surface area contributed by atoms with Crippen molar-refractivity contribution in [1.29, 1.82) is 0 Å². The van der Waals surface area contributed by atoms with Crippen molar-refractivity contribution in [2.75, 3.05) is 14.2 Å². The zero-order chi connectivity index (χ0) is 18.1. The van der Waals surface area contributed by atoms with E-state index in [9.17, 15) is 4.79 Å². The summed E-state index contributed by atoms with van der Waals surface area (Å²) < 4.78 is 13.1. The number of nitrogens with zero attached hydrogens (tertiary/aromatic N) is 2. The highest BCUT2D eigenvalue weighted by Gasteiger charge is 2.17. The van der Waals surface area contributed by atoms with Gasteiger partial charge in [-0.3, -0.25) is 4.79 Å². The van der Waals surface area contributed by atoms with Crippen LogP contribution in [-0.4, -0.2) is 24.7 Å². The van der Waals surface area contributed by atoms with Crippen LogP contribution in [0.25, 0.3) is 10.2 Å². The van der Waals surface area contributed by atoms with Crippen LogP contribution in [0.1, 0.15) is 10.4 Å². The van der Waals surface area contributed by atoms with E-state index in [4.69, 9.17) is 32.7 Å². The van der Waals surface area contributed by atoms with Gasteiger partial charge in [0.1, 0.15) is 0 Å². The van der Waals surface area contributed by atoms with Crippen LogP contribution >= 0.6 is 34.5 Å². The smallest absolute Gasteiger partial charge is 0.283 e. The molecule has 1 heterocycles. The number of ether oxygens (including phenoxy) is 2. The molecule has 1 aromatic heterocycles. The largest absolute Gasteiger partial charge is 0.493 e. The fourth-order valence-electron chi connectivity index (χ4n) is 2.49. The van der Waals surface area contributed by atoms with E-state index >= 15 is 0 Å². The number of amides is 1. The number of carbonyl (C=O) groups is 1. The summed E-state index contributed by atoms with van der Waals surface area (Å²) in [5.74, 6) is 0.374. The molecule has 2 aromatic carbocycles. The molecule has 0 spiro atoms. The number of methoxy groups -OCH3 is 2. The number of halogens is 2. The van der Waals surface area contributed by atoms with E-state index in [1.54, 1.807) is 41.9 Å². The summed E-state index contributed by atoms with van der Waals surface area (Å²) >= 11 is 13.8. The van der Waals surface area contributed by atoms with Crippen molar-refractivity contribution < 1.29 is 14.3 Å². The third-order valence-electron chi connectivity index (χ3n) is 3.68. The van der Waals surface area contributed by atoms with Crippen LogP contribution < -0.4 is 14.3 Å². The Kier molecular flexibility index (Phi) is 5.03. The highest BCUT2D eigenvalue weighted by molar-refractivity contribution is 7.17. The highest BCUT2D eigenvalue weighted by Crippen LogP contribution is 2.32. The van der Waals surface area contributed by atoms with Crippen LogP contribution in [0.15, 0.2) is 35.3 Å². The Hall–Kier alpha value is -2.02. The molecule has 0 aliphatic carbocycles. The summed E-state index contributed by atoms with van der Waals surface area (Å²) in [5.41, 5.74) is 1.06. The number of carbonyl (C=O) groups excluding carboxylic acids is 1. The topological polar surface area (TPSA) is 52.8 Å². The summed E-state index contributed by atoms with van der Waals surface area (Å²) in [6, 6.07) is 8.51. The van der Waals surface area contributed by atoms with Gasteiger partial charge in [0, 0.05) is 7.05 Å². The number of hydrogen-bond donors (Lipinski definition) is 0. The molecule has 0 saturated carbocycles. The van der Waals surface area contributed by atoms with Crippen molar-refractivity contribution in [3.8, 4) is 11.5 Å². The van der Waals surface area contributed by atoms with Crippen LogP contribution in [0.4, 0.5) is 0 Å². The fraction of sp³-hybridized carbons (Fsp3) is 0.176. The molecule has 0 aliphatic heterocycles. The van der Waals surface area contributed by atoms with Crippen molar-refractivity contribution >= 4 is 50.7 Å². The van der Waals surface area contributed by atoms with Crippen LogP contribution in [0.2, 0.25) is 10.0 Å². The molecule has 25 heavy (non-hydrogen) atoms. The van der Waals surface area contributed by atoms with Crippen LogP contribution in [-0.2, 0) is 7.05 Å². The van der Waals surface area contributed by atoms with E-state index in [-0.39, 0.29) is 0 Å². The standard InChI is InChI=1S/C17H14Cl2N2O3S/c1-21-13-10(18)7-8-11(19)15(13)25-17(21)20-16(22)9-5-4-6-12(23-2)14(9)24-3/h4-8H,1-3H3. The molecule has 0 bridgehead atoms. The zero-order valence-electron chi connectivity index (χ0n) is 13.7. The Bertz CT molecular complexity index is 1040. The first kappa shape index (κ1) is 17.8. The molecule has 0 fully saturated rings. The number of hydrogen-bond acceptors (Lipinski definition) is 4. The van der Waals surface area contributed by atoms with E-state index in [0.29, 0.717) is 31.9 Å². The first-order valence-electron chi connectivity index (χ1n) is 7.21. The maximum Gasteiger partial charge on any atom is 0.283 e. The van der Waals surface area contributed by atoms with E-state index in [0.717, 1.165) is 10.2 Å². The van der Waals surface area contributed by atoms with Crippen molar-refractivity contribution in [1.82, 2.24) is 4.57 Å². The van der Waals surface area contributed by atoms with Gasteiger partial charge in [0.15, 0.2) is 16.3 Å². The van der Waals surface area contributed by atoms with Crippen molar-refractivity contribution in [2.45, 2.75) is 0 Å². The second-order valence-electron chi connectivity index (χ2n) is 5.11. The Balaban J connectivity index is 2.18. The molecule has 0 saturated heterocycles. The molecule has 1 amide bonds. The minimum absolute atomic E-state index is 0.316. The van der Waals surface area contributed by atoms with Gasteiger partial charge < -0.3 is 14.0 Å². The van der Waals surface area contributed by atoms with Gasteiger partial charge in [-0.2, -0.15) is 4.99 Å². The lowest BCUT2D eigenvalue weighted by atomic mass is 10.2. The average molecular weight is 397 g/mol. The second kappa shape index (κ2) is 7.07. The minimum Gasteiger partial charge on any atom is -0.493 e. The summed E-state index contributed by atoms with van der Waals surface area (Å²) in [6.07, 6.45) is 0. The average Bonchev–Trinajstić information content (AvgIpc) is 2.95. The number of rotatable bonds is 3. The third-order valence-corrected chi connectivity index (χ3v) is 5.58. The van der Waals surface area contributed by atoms with Gasteiger partial charge in [0.05, 0.1) is 40.0 Å². The SMILES string of the molecule is COc1cccc(C(=O)N=c2sc3c(Cl)ccc(Cl)c3n2C)c1OC. The molecule has 0 N–H and O–H groups in total. The Morgan fingerprint density at radius 3 is 2.48 bits per heavy atom.